The number of amides is 1. The molecule has 1 heterocycles. The highest BCUT2D eigenvalue weighted by Crippen LogP contribution is 2.18. The van der Waals surface area contributed by atoms with Crippen LogP contribution < -0.4 is 10.0 Å². The van der Waals surface area contributed by atoms with Crippen molar-refractivity contribution in [2.75, 3.05) is 33.2 Å². The second kappa shape index (κ2) is 10.9. The van der Waals surface area contributed by atoms with Crippen molar-refractivity contribution >= 4 is 28.3 Å². The van der Waals surface area contributed by atoms with E-state index >= 15 is 0 Å². The van der Waals surface area contributed by atoms with E-state index in [0.29, 0.717) is 18.9 Å². The average Bonchev–Trinajstić information content (AvgIpc) is 2.60. The van der Waals surface area contributed by atoms with Crippen LogP contribution in [0.5, 0.6) is 0 Å². The highest BCUT2D eigenvalue weighted by Gasteiger charge is 2.17. The molecule has 148 valence electrons. The summed E-state index contributed by atoms with van der Waals surface area (Å²) in [6, 6.07) is 6.72. The first-order valence-electron chi connectivity index (χ1n) is 8.89. The van der Waals surface area contributed by atoms with Gasteiger partial charge < -0.3 is 10.2 Å². The van der Waals surface area contributed by atoms with Gasteiger partial charge >= 0.3 is 0 Å². The lowest BCUT2D eigenvalue weighted by atomic mass is 9.93. The van der Waals surface area contributed by atoms with E-state index in [1.165, 1.54) is 0 Å². The van der Waals surface area contributed by atoms with Crippen molar-refractivity contribution in [1.29, 1.82) is 0 Å². The summed E-state index contributed by atoms with van der Waals surface area (Å²) in [6.45, 7) is 4.57. The number of nitrogens with zero attached hydrogens (tertiary/aromatic N) is 1. The number of hydrogen-bond donors (Lipinski definition) is 2. The lowest BCUT2D eigenvalue weighted by molar-refractivity contribution is -0.130. The topological polar surface area (TPSA) is 78.5 Å². The molecule has 1 aromatic carbocycles. The third-order valence-corrected chi connectivity index (χ3v) is 6.20. The fourth-order valence-electron chi connectivity index (χ4n) is 2.96. The van der Waals surface area contributed by atoms with Gasteiger partial charge in [0, 0.05) is 26.6 Å². The van der Waals surface area contributed by atoms with Crippen molar-refractivity contribution < 1.29 is 13.2 Å². The van der Waals surface area contributed by atoms with Gasteiger partial charge in [0.1, 0.15) is 0 Å². The Bertz CT molecular complexity index is 659. The van der Waals surface area contributed by atoms with Crippen molar-refractivity contribution in [3.05, 3.63) is 29.8 Å². The predicted octanol–water partition coefficient (Wildman–Crippen LogP) is 1.93. The largest absolute Gasteiger partial charge is 0.344 e. The first-order valence-corrected chi connectivity index (χ1v) is 10.4. The van der Waals surface area contributed by atoms with Gasteiger partial charge in [0.2, 0.25) is 15.9 Å². The Balaban J connectivity index is 0.00000338. The fourth-order valence-corrected chi connectivity index (χ4v) is 3.98. The molecule has 1 aliphatic rings. The van der Waals surface area contributed by atoms with E-state index in [4.69, 9.17) is 0 Å². The van der Waals surface area contributed by atoms with Crippen LogP contribution in [0, 0.1) is 12.8 Å². The van der Waals surface area contributed by atoms with Crippen molar-refractivity contribution in [1.82, 2.24) is 14.9 Å². The highest BCUT2D eigenvalue weighted by molar-refractivity contribution is 7.89. The number of rotatable bonds is 8. The summed E-state index contributed by atoms with van der Waals surface area (Å²) in [5.41, 5.74) is 1.01. The van der Waals surface area contributed by atoms with Gasteiger partial charge in [-0.1, -0.05) is 17.7 Å². The van der Waals surface area contributed by atoms with Gasteiger partial charge in [-0.05, 0) is 57.3 Å². The quantitative estimate of drug-likeness (QED) is 0.695. The van der Waals surface area contributed by atoms with E-state index in [-0.39, 0.29) is 29.8 Å². The number of nitrogens with one attached hydrogen (secondary N) is 2. The summed E-state index contributed by atoms with van der Waals surface area (Å²) in [4.78, 5) is 14.0. The number of aryl methyl sites for hydroxylation is 1. The van der Waals surface area contributed by atoms with E-state index in [2.05, 4.69) is 10.0 Å². The minimum absolute atomic E-state index is 0. The summed E-state index contributed by atoms with van der Waals surface area (Å²) in [6.07, 6.45) is 3.71. The average molecular weight is 404 g/mol. The maximum absolute atomic E-state index is 12.2. The molecule has 0 unspecified atom stereocenters. The Morgan fingerprint density at radius 3 is 2.46 bits per heavy atom. The number of piperidine rings is 1. The van der Waals surface area contributed by atoms with Crippen LogP contribution in [0.15, 0.2) is 29.2 Å². The van der Waals surface area contributed by atoms with E-state index < -0.39 is 10.0 Å². The zero-order valence-corrected chi connectivity index (χ0v) is 17.2. The van der Waals surface area contributed by atoms with Crippen molar-refractivity contribution in [2.45, 2.75) is 37.5 Å². The number of benzene rings is 1. The minimum Gasteiger partial charge on any atom is -0.344 e. The molecule has 1 amide bonds. The van der Waals surface area contributed by atoms with Crippen LogP contribution in [0.25, 0.3) is 0 Å². The molecule has 0 aliphatic carbocycles. The molecular weight excluding hydrogens is 374 g/mol. The first kappa shape index (κ1) is 22.9. The molecule has 1 fully saturated rings. The van der Waals surface area contributed by atoms with Crippen LogP contribution >= 0.6 is 12.4 Å². The molecule has 2 rings (SSSR count). The Kier molecular flexibility index (Phi) is 9.57. The van der Waals surface area contributed by atoms with E-state index in [1.807, 2.05) is 6.92 Å². The molecule has 1 aromatic rings. The standard InChI is InChI=1S/C18H29N3O3S.ClH/c1-15-3-6-17(7-4-15)25(23,24)20-13-14-21(2)18(22)8-5-16-9-11-19-12-10-16;/h3-4,6-7,16,19-20H,5,8-14H2,1-2H3;1H. The molecule has 2 N–H and O–H groups in total. The van der Waals surface area contributed by atoms with Crippen molar-refractivity contribution in [2.24, 2.45) is 5.92 Å². The van der Waals surface area contributed by atoms with Crippen LogP contribution in [0.2, 0.25) is 0 Å². The van der Waals surface area contributed by atoms with Crippen LogP contribution in [-0.2, 0) is 14.8 Å². The van der Waals surface area contributed by atoms with E-state index in [9.17, 15) is 13.2 Å². The molecule has 1 aliphatic heterocycles. The SMILES string of the molecule is Cc1ccc(S(=O)(=O)NCCN(C)C(=O)CCC2CCNCC2)cc1.Cl. The zero-order chi connectivity index (χ0) is 18.3. The maximum Gasteiger partial charge on any atom is 0.240 e. The second-order valence-electron chi connectivity index (χ2n) is 6.76. The summed E-state index contributed by atoms with van der Waals surface area (Å²) >= 11 is 0. The maximum atomic E-state index is 12.2. The van der Waals surface area contributed by atoms with Gasteiger partial charge in [-0.2, -0.15) is 0 Å². The normalized spacial score (nSPS) is 15.3. The lowest BCUT2D eigenvalue weighted by Crippen LogP contribution is -2.36. The third kappa shape index (κ3) is 7.23. The van der Waals surface area contributed by atoms with Gasteiger partial charge in [0.15, 0.2) is 0 Å². The third-order valence-electron chi connectivity index (χ3n) is 4.72. The monoisotopic (exact) mass is 403 g/mol. The van der Waals surface area contributed by atoms with Crippen LogP contribution in [0.1, 0.15) is 31.2 Å². The van der Waals surface area contributed by atoms with Gasteiger partial charge in [-0.15, -0.1) is 12.4 Å². The summed E-state index contributed by atoms with van der Waals surface area (Å²) in [7, 11) is -1.80. The highest BCUT2D eigenvalue weighted by atomic mass is 35.5. The summed E-state index contributed by atoms with van der Waals surface area (Å²) < 4.78 is 27.0. The van der Waals surface area contributed by atoms with E-state index in [0.717, 1.165) is 37.9 Å². The second-order valence-corrected chi connectivity index (χ2v) is 8.53. The van der Waals surface area contributed by atoms with Gasteiger partial charge in [0.25, 0.3) is 0 Å². The smallest absolute Gasteiger partial charge is 0.240 e. The van der Waals surface area contributed by atoms with Crippen LogP contribution in [0.3, 0.4) is 0 Å². The molecule has 6 nitrogen and oxygen atoms in total. The Hall–Kier alpha value is -1.15. The molecular formula is C18H30ClN3O3S. The molecule has 1 saturated heterocycles. The number of hydrogen-bond acceptors (Lipinski definition) is 4. The number of sulfonamides is 1. The molecule has 0 atom stereocenters. The van der Waals surface area contributed by atoms with Gasteiger partial charge in [0.05, 0.1) is 4.90 Å². The zero-order valence-electron chi connectivity index (χ0n) is 15.5. The van der Waals surface area contributed by atoms with Crippen LogP contribution in [0.4, 0.5) is 0 Å². The van der Waals surface area contributed by atoms with E-state index in [1.54, 1.807) is 36.2 Å². The predicted molar refractivity (Wildman–Crippen MR) is 106 cm³/mol. The first-order chi connectivity index (χ1) is 11.9. The summed E-state index contributed by atoms with van der Waals surface area (Å²) in [5, 5.41) is 3.32. The Morgan fingerprint density at radius 1 is 1.23 bits per heavy atom. The molecule has 0 radical (unpaired) electrons. The minimum atomic E-state index is -3.52. The fraction of sp³-hybridized carbons (Fsp3) is 0.611. The number of likely N-dealkylation sites (N-methyl/N-ethyl adjacent to an activating group) is 1. The Morgan fingerprint density at radius 2 is 1.85 bits per heavy atom. The molecule has 0 aromatic heterocycles. The van der Waals surface area contributed by atoms with Crippen molar-refractivity contribution in [3.63, 3.8) is 0 Å². The van der Waals surface area contributed by atoms with Crippen molar-refractivity contribution in [3.8, 4) is 0 Å². The molecule has 0 saturated carbocycles. The van der Waals surface area contributed by atoms with Gasteiger partial charge in [-0.25, -0.2) is 13.1 Å². The molecule has 26 heavy (non-hydrogen) atoms. The number of carbonyl (C=O) groups is 1. The number of carbonyl (C=O) groups excluding carboxylic acids is 1. The molecule has 8 heteroatoms. The lowest BCUT2D eigenvalue weighted by Gasteiger charge is -2.23. The molecule has 0 bridgehead atoms. The van der Waals surface area contributed by atoms with Crippen LogP contribution in [-0.4, -0.2) is 52.5 Å². The Labute approximate surface area is 163 Å². The molecule has 0 spiro atoms. The summed E-state index contributed by atoms with van der Waals surface area (Å²) in [5.74, 6) is 0.701. The van der Waals surface area contributed by atoms with Gasteiger partial charge in [-0.3, -0.25) is 4.79 Å². The number of halogens is 1.